The van der Waals surface area contributed by atoms with E-state index in [4.69, 9.17) is 10.8 Å². The number of likely N-dealkylation sites (tertiary alicyclic amines) is 1. The van der Waals surface area contributed by atoms with Crippen LogP contribution in [0, 0.1) is 5.92 Å². The molecular weight excluding hydrogens is 294 g/mol. The zero-order valence-corrected chi connectivity index (χ0v) is 13.5. The highest BCUT2D eigenvalue weighted by Crippen LogP contribution is 2.42. The van der Waals surface area contributed by atoms with Gasteiger partial charge >= 0.3 is 0 Å². The fourth-order valence-corrected chi connectivity index (χ4v) is 4.20. The molecule has 0 unspecified atom stereocenters. The molecule has 0 aromatic carbocycles. The summed E-state index contributed by atoms with van der Waals surface area (Å²) < 4.78 is 1.95. The fraction of sp³-hybridized carbons (Fsp3) is 0.647. The number of pyridine rings is 1. The summed E-state index contributed by atoms with van der Waals surface area (Å²) in [4.78, 5) is 26.5. The Bertz CT molecular complexity index is 642. The van der Waals surface area contributed by atoms with Crippen molar-refractivity contribution in [2.75, 3.05) is 19.7 Å². The van der Waals surface area contributed by atoms with Crippen LogP contribution in [0.1, 0.15) is 43.8 Å². The van der Waals surface area contributed by atoms with Crippen molar-refractivity contribution in [2.24, 2.45) is 11.7 Å². The van der Waals surface area contributed by atoms with Crippen LogP contribution in [0.4, 0.5) is 0 Å². The number of hydrogen-bond acceptors (Lipinski definition) is 4. The van der Waals surface area contributed by atoms with E-state index in [2.05, 4.69) is 6.92 Å². The molecule has 2 bridgehead atoms. The topological polar surface area (TPSA) is 88.6 Å². The number of aliphatic hydroxyl groups excluding tert-OH is 1. The molecule has 3 rings (SSSR count). The quantitative estimate of drug-likeness (QED) is 0.843. The van der Waals surface area contributed by atoms with Crippen LogP contribution in [0.15, 0.2) is 23.0 Å². The minimum absolute atomic E-state index is 0.0579. The van der Waals surface area contributed by atoms with Crippen LogP contribution in [0.3, 0.4) is 0 Å². The van der Waals surface area contributed by atoms with E-state index in [0.717, 1.165) is 25.0 Å². The Morgan fingerprint density at radius 1 is 1.43 bits per heavy atom. The number of aliphatic hydroxyl groups is 1. The molecule has 6 heteroatoms. The summed E-state index contributed by atoms with van der Waals surface area (Å²) in [6, 6.07) is 4.72. The molecule has 3 N–H and O–H groups in total. The predicted molar refractivity (Wildman–Crippen MR) is 87.1 cm³/mol. The van der Waals surface area contributed by atoms with E-state index in [1.807, 2.05) is 10.6 Å². The SMILES string of the molecule is CCC[C@H]1[C@H]2C[C@H](CN(C(=O)[C@@H](N)CO)C2)c2cccc(=O)n21. The van der Waals surface area contributed by atoms with Crippen molar-refractivity contribution in [1.29, 1.82) is 0 Å². The fourth-order valence-electron chi connectivity index (χ4n) is 4.20. The number of fused-ring (bicyclic) bond motifs is 4. The van der Waals surface area contributed by atoms with E-state index >= 15 is 0 Å². The first kappa shape index (κ1) is 16.2. The highest BCUT2D eigenvalue weighted by atomic mass is 16.3. The van der Waals surface area contributed by atoms with Crippen LogP contribution >= 0.6 is 0 Å². The van der Waals surface area contributed by atoms with Gasteiger partial charge in [-0.05, 0) is 24.8 Å². The maximum Gasteiger partial charge on any atom is 0.250 e. The summed E-state index contributed by atoms with van der Waals surface area (Å²) in [6.07, 6.45) is 2.94. The molecule has 4 atom stereocenters. The van der Waals surface area contributed by atoms with Crippen molar-refractivity contribution in [2.45, 2.75) is 44.2 Å². The summed E-state index contributed by atoms with van der Waals surface area (Å²) in [5, 5.41) is 9.15. The van der Waals surface area contributed by atoms with Gasteiger partial charge in [0.2, 0.25) is 5.91 Å². The van der Waals surface area contributed by atoms with Gasteiger partial charge in [-0.15, -0.1) is 0 Å². The molecule has 1 aromatic rings. The van der Waals surface area contributed by atoms with E-state index in [-0.39, 0.29) is 36.0 Å². The Hall–Kier alpha value is -1.66. The van der Waals surface area contributed by atoms with Gasteiger partial charge in [-0.3, -0.25) is 9.59 Å². The highest BCUT2D eigenvalue weighted by Gasteiger charge is 2.41. The van der Waals surface area contributed by atoms with Gasteiger partial charge in [0.25, 0.3) is 5.56 Å². The van der Waals surface area contributed by atoms with E-state index in [9.17, 15) is 9.59 Å². The molecule has 2 aliphatic heterocycles. The van der Waals surface area contributed by atoms with Crippen molar-refractivity contribution >= 4 is 5.91 Å². The van der Waals surface area contributed by atoms with E-state index in [1.54, 1.807) is 17.0 Å². The van der Waals surface area contributed by atoms with E-state index in [0.29, 0.717) is 13.1 Å². The van der Waals surface area contributed by atoms with Crippen molar-refractivity contribution in [3.05, 3.63) is 34.2 Å². The molecular formula is C17H25N3O3. The van der Waals surface area contributed by atoms with Gasteiger partial charge in [-0.25, -0.2) is 0 Å². The lowest BCUT2D eigenvalue weighted by molar-refractivity contribution is -0.136. The summed E-state index contributed by atoms with van der Waals surface area (Å²) in [5.41, 5.74) is 6.80. The van der Waals surface area contributed by atoms with Crippen molar-refractivity contribution in [3.63, 3.8) is 0 Å². The zero-order chi connectivity index (χ0) is 16.6. The van der Waals surface area contributed by atoms with Crippen LogP contribution in [0.5, 0.6) is 0 Å². The molecule has 3 heterocycles. The number of rotatable bonds is 4. The third-order valence-electron chi connectivity index (χ3n) is 5.21. The molecule has 0 spiro atoms. The number of amides is 1. The van der Waals surface area contributed by atoms with Gasteiger partial charge in [0.05, 0.1) is 6.61 Å². The van der Waals surface area contributed by atoms with Crippen LogP contribution in [0.2, 0.25) is 0 Å². The van der Waals surface area contributed by atoms with Gasteiger partial charge in [0, 0.05) is 36.8 Å². The number of carbonyl (C=O) groups excluding carboxylic acids is 1. The Labute approximate surface area is 135 Å². The van der Waals surface area contributed by atoms with E-state index < -0.39 is 6.04 Å². The van der Waals surface area contributed by atoms with Crippen molar-refractivity contribution < 1.29 is 9.90 Å². The molecule has 0 radical (unpaired) electrons. The summed E-state index contributed by atoms with van der Waals surface area (Å²) in [5.74, 6) is 0.255. The average molecular weight is 319 g/mol. The molecule has 126 valence electrons. The number of piperidine rings is 1. The number of nitrogens with two attached hydrogens (primary N) is 1. The highest BCUT2D eigenvalue weighted by molar-refractivity contribution is 5.82. The molecule has 6 nitrogen and oxygen atoms in total. The Morgan fingerprint density at radius 2 is 2.22 bits per heavy atom. The first-order chi connectivity index (χ1) is 11.1. The minimum atomic E-state index is -0.851. The number of nitrogens with zero attached hydrogens (tertiary/aromatic N) is 2. The van der Waals surface area contributed by atoms with Crippen LogP contribution in [0.25, 0.3) is 0 Å². The third kappa shape index (κ3) is 2.81. The minimum Gasteiger partial charge on any atom is -0.394 e. The summed E-state index contributed by atoms with van der Waals surface area (Å²) >= 11 is 0. The predicted octanol–water partition coefficient (Wildman–Crippen LogP) is 0.455. The second kappa shape index (κ2) is 6.45. The van der Waals surface area contributed by atoms with Crippen LogP contribution in [-0.4, -0.2) is 46.2 Å². The molecule has 0 aliphatic carbocycles. The van der Waals surface area contributed by atoms with Crippen molar-refractivity contribution in [1.82, 2.24) is 9.47 Å². The molecule has 23 heavy (non-hydrogen) atoms. The third-order valence-corrected chi connectivity index (χ3v) is 5.21. The van der Waals surface area contributed by atoms with Gasteiger partial charge in [-0.1, -0.05) is 19.4 Å². The summed E-state index contributed by atoms with van der Waals surface area (Å²) in [7, 11) is 0. The Morgan fingerprint density at radius 3 is 2.91 bits per heavy atom. The van der Waals surface area contributed by atoms with Gasteiger partial charge in [0.15, 0.2) is 0 Å². The molecule has 1 saturated heterocycles. The van der Waals surface area contributed by atoms with Crippen molar-refractivity contribution in [3.8, 4) is 0 Å². The van der Waals surface area contributed by atoms with Crippen LogP contribution in [-0.2, 0) is 4.79 Å². The largest absolute Gasteiger partial charge is 0.394 e. The number of carbonyl (C=O) groups is 1. The van der Waals surface area contributed by atoms with Gasteiger partial charge in [-0.2, -0.15) is 0 Å². The smallest absolute Gasteiger partial charge is 0.250 e. The lowest BCUT2D eigenvalue weighted by Gasteiger charge is -2.47. The monoisotopic (exact) mass is 319 g/mol. The average Bonchev–Trinajstić information content (AvgIpc) is 2.57. The second-order valence-corrected chi connectivity index (χ2v) is 6.74. The lowest BCUT2D eigenvalue weighted by Crippen LogP contribution is -2.55. The molecule has 1 aromatic heterocycles. The zero-order valence-electron chi connectivity index (χ0n) is 13.5. The molecule has 2 aliphatic rings. The maximum atomic E-state index is 12.4. The standard InChI is InChI=1S/C17H25N3O3/c1-2-4-14-11-7-12(15-5-3-6-16(22)20(14)15)9-19(8-11)17(23)13(18)10-21/h3,5-6,11-14,21H,2,4,7-10,18H2,1H3/t11-,12+,13-,14-/m0/s1. The molecule has 0 saturated carbocycles. The first-order valence-electron chi connectivity index (χ1n) is 8.43. The second-order valence-electron chi connectivity index (χ2n) is 6.74. The Balaban J connectivity index is 1.96. The van der Waals surface area contributed by atoms with Gasteiger partial charge < -0.3 is 20.3 Å². The molecule has 1 amide bonds. The first-order valence-corrected chi connectivity index (χ1v) is 8.43. The number of hydrogen-bond donors (Lipinski definition) is 2. The van der Waals surface area contributed by atoms with E-state index in [1.165, 1.54) is 0 Å². The maximum absolute atomic E-state index is 12.4. The summed E-state index contributed by atoms with van der Waals surface area (Å²) in [6.45, 7) is 2.98. The normalized spacial score (nSPS) is 27.4. The Kier molecular flexibility index (Phi) is 4.55. The van der Waals surface area contributed by atoms with Crippen LogP contribution < -0.4 is 11.3 Å². The molecule has 1 fully saturated rings. The van der Waals surface area contributed by atoms with Gasteiger partial charge in [0.1, 0.15) is 6.04 Å². The number of aromatic nitrogens is 1. The lowest BCUT2D eigenvalue weighted by atomic mass is 9.77.